The fourth-order valence-corrected chi connectivity index (χ4v) is 1.97. The SMILES string of the molecule is CS(=O)(=O)CCC(=O)N1CCCOCC1. The fraction of sp³-hybridized carbons (Fsp3) is 0.889. The maximum atomic E-state index is 11.6. The van der Waals surface area contributed by atoms with Gasteiger partial charge in [0, 0.05) is 32.4 Å². The average molecular weight is 235 g/mol. The van der Waals surface area contributed by atoms with E-state index in [4.69, 9.17) is 4.74 Å². The third-order valence-electron chi connectivity index (χ3n) is 2.26. The molecule has 0 atom stereocenters. The number of ether oxygens (including phenoxy) is 1. The van der Waals surface area contributed by atoms with Crippen molar-refractivity contribution in [3.05, 3.63) is 0 Å². The van der Waals surface area contributed by atoms with Gasteiger partial charge < -0.3 is 9.64 Å². The van der Waals surface area contributed by atoms with Crippen LogP contribution in [0.3, 0.4) is 0 Å². The zero-order valence-corrected chi connectivity index (χ0v) is 9.75. The van der Waals surface area contributed by atoms with E-state index >= 15 is 0 Å². The van der Waals surface area contributed by atoms with Gasteiger partial charge in [0.2, 0.25) is 5.91 Å². The van der Waals surface area contributed by atoms with Crippen LogP contribution in [0.15, 0.2) is 0 Å². The molecule has 1 rings (SSSR count). The third-order valence-corrected chi connectivity index (χ3v) is 3.21. The summed E-state index contributed by atoms with van der Waals surface area (Å²) < 4.78 is 27.0. The highest BCUT2D eigenvalue weighted by Crippen LogP contribution is 2.02. The minimum absolute atomic E-state index is 0.0663. The molecule has 1 amide bonds. The van der Waals surface area contributed by atoms with Gasteiger partial charge in [-0.05, 0) is 6.42 Å². The highest BCUT2D eigenvalue weighted by atomic mass is 32.2. The first kappa shape index (κ1) is 12.4. The molecule has 6 heteroatoms. The first-order chi connectivity index (χ1) is 6.99. The van der Waals surface area contributed by atoms with E-state index in [1.807, 2.05) is 0 Å². The molecule has 1 aliphatic rings. The maximum Gasteiger partial charge on any atom is 0.223 e. The van der Waals surface area contributed by atoms with Gasteiger partial charge in [-0.1, -0.05) is 0 Å². The van der Waals surface area contributed by atoms with Gasteiger partial charge in [0.25, 0.3) is 0 Å². The normalized spacial score (nSPS) is 18.6. The number of rotatable bonds is 3. The van der Waals surface area contributed by atoms with Crippen molar-refractivity contribution in [1.82, 2.24) is 4.90 Å². The molecule has 0 spiro atoms. The van der Waals surface area contributed by atoms with E-state index in [1.54, 1.807) is 4.90 Å². The molecule has 15 heavy (non-hydrogen) atoms. The fourth-order valence-electron chi connectivity index (χ4n) is 1.43. The third kappa shape index (κ3) is 5.13. The zero-order valence-electron chi connectivity index (χ0n) is 8.94. The second-order valence-electron chi connectivity index (χ2n) is 3.73. The Kier molecular flexibility index (Phi) is 4.53. The topological polar surface area (TPSA) is 63.7 Å². The quantitative estimate of drug-likeness (QED) is 0.672. The minimum Gasteiger partial charge on any atom is -0.380 e. The molecule has 0 unspecified atom stereocenters. The Hall–Kier alpha value is -0.620. The Balaban J connectivity index is 2.38. The lowest BCUT2D eigenvalue weighted by Crippen LogP contribution is -2.34. The van der Waals surface area contributed by atoms with Crippen molar-refractivity contribution < 1.29 is 17.9 Å². The van der Waals surface area contributed by atoms with Crippen LogP contribution in [0.1, 0.15) is 12.8 Å². The number of carbonyl (C=O) groups excluding carboxylic acids is 1. The molecular formula is C9H17NO4S. The van der Waals surface area contributed by atoms with Crippen molar-refractivity contribution in [3.8, 4) is 0 Å². The summed E-state index contributed by atoms with van der Waals surface area (Å²) in [5.41, 5.74) is 0. The summed E-state index contributed by atoms with van der Waals surface area (Å²) in [5.74, 6) is -0.158. The number of sulfone groups is 1. The molecule has 0 bridgehead atoms. The van der Waals surface area contributed by atoms with Crippen LogP contribution in [0.2, 0.25) is 0 Å². The molecule has 0 N–H and O–H groups in total. The van der Waals surface area contributed by atoms with Gasteiger partial charge in [-0.15, -0.1) is 0 Å². The standard InChI is InChI=1S/C9H17NO4S/c1-15(12,13)8-3-9(11)10-4-2-6-14-7-5-10/h2-8H2,1H3. The Morgan fingerprint density at radius 3 is 2.73 bits per heavy atom. The minimum atomic E-state index is -3.05. The van der Waals surface area contributed by atoms with Crippen LogP contribution in [0.25, 0.3) is 0 Å². The van der Waals surface area contributed by atoms with E-state index in [0.29, 0.717) is 26.3 Å². The number of nitrogens with zero attached hydrogens (tertiary/aromatic N) is 1. The van der Waals surface area contributed by atoms with Crippen molar-refractivity contribution in [3.63, 3.8) is 0 Å². The number of hydrogen-bond acceptors (Lipinski definition) is 4. The molecule has 1 fully saturated rings. The molecule has 1 saturated heterocycles. The van der Waals surface area contributed by atoms with Crippen LogP contribution in [0.4, 0.5) is 0 Å². The maximum absolute atomic E-state index is 11.6. The predicted molar refractivity (Wildman–Crippen MR) is 56.3 cm³/mol. The van der Waals surface area contributed by atoms with Crippen molar-refractivity contribution >= 4 is 15.7 Å². The largest absolute Gasteiger partial charge is 0.380 e. The molecule has 88 valence electrons. The molecule has 0 aliphatic carbocycles. The van der Waals surface area contributed by atoms with Crippen LogP contribution in [-0.4, -0.2) is 57.5 Å². The van der Waals surface area contributed by atoms with Gasteiger partial charge in [0.05, 0.1) is 12.4 Å². The lowest BCUT2D eigenvalue weighted by Gasteiger charge is -2.19. The Morgan fingerprint density at radius 1 is 1.33 bits per heavy atom. The number of amides is 1. The molecule has 0 aromatic heterocycles. The summed E-state index contributed by atoms with van der Waals surface area (Å²) in [7, 11) is -3.05. The highest BCUT2D eigenvalue weighted by molar-refractivity contribution is 7.90. The molecule has 1 aliphatic heterocycles. The lowest BCUT2D eigenvalue weighted by molar-refractivity contribution is -0.130. The van der Waals surface area contributed by atoms with Gasteiger partial charge in [-0.2, -0.15) is 0 Å². The summed E-state index contributed by atoms with van der Waals surface area (Å²) in [6.45, 7) is 2.46. The second-order valence-corrected chi connectivity index (χ2v) is 5.99. The van der Waals surface area contributed by atoms with Gasteiger partial charge >= 0.3 is 0 Å². The summed E-state index contributed by atoms with van der Waals surface area (Å²) in [6, 6.07) is 0. The van der Waals surface area contributed by atoms with E-state index in [9.17, 15) is 13.2 Å². The molecule has 5 nitrogen and oxygen atoms in total. The van der Waals surface area contributed by atoms with E-state index in [-0.39, 0.29) is 18.1 Å². The number of hydrogen-bond donors (Lipinski definition) is 0. The van der Waals surface area contributed by atoms with E-state index < -0.39 is 9.84 Å². The van der Waals surface area contributed by atoms with Gasteiger partial charge in [0.15, 0.2) is 0 Å². The molecule has 1 heterocycles. The van der Waals surface area contributed by atoms with Crippen LogP contribution in [0, 0.1) is 0 Å². The lowest BCUT2D eigenvalue weighted by atomic mass is 10.3. The van der Waals surface area contributed by atoms with Crippen LogP contribution in [0.5, 0.6) is 0 Å². The van der Waals surface area contributed by atoms with E-state index in [2.05, 4.69) is 0 Å². The highest BCUT2D eigenvalue weighted by Gasteiger charge is 2.16. The monoisotopic (exact) mass is 235 g/mol. The van der Waals surface area contributed by atoms with Gasteiger partial charge in [-0.25, -0.2) is 8.42 Å². The number of carbonyl (C=O) groups is 1. The van der Waals surface area contributed by atoms with Crippen molar-refractivity contribution in [2.75, 3.05) is 38.3 Å². The Bertz CT molecular complexity index is 304. The van der Waals surface area contributed by atoms with E-state index in [0.717, 1.165) is 12.7 Å². The van der Waals surface area contributed by atoms with Gasteiger partial charge in [0.1, 0.15) is 9.84 Å². The zero-order chi connectivity index (χ0) is 11.3. The molecular weight excluding hydrogens is 218 g/mol. The van der Waals surface area contributed by atoms with Crippen molar-refractivity contribution in [2.24, 2.45) is 0 Å². The van der Waals surface area contributed by atoms with Crippen LogP contribution >= 0.6 is 0 Å². The van der Waals surface area contributed by atoms with Crippen LogP contribution in [-0.2, 0) is 19.4 Å². The summed E-state index contributed by atoms with van der Waals surface area (Å²) in [6.07, 6.45) is 2.05. The van der Waals surface area contributed by atoms with Crippen molar-refractivity contribution in [1.29, 1.82) is 0 Å². The van der Waals surface area contributed by atoms with Crippen LogP contribution < -0.4 is 0 Å². The summed E-state index contributed by atoms with van der Waals surface area (Å²) in [4.78, 5) is 13.3. The van der Waals surface area contributed by atoms with Crippen molar-refractivity contribution in [2.45, 2.75) is 12.8 Å². The molecule has 0 saturated carbocycles. The first-order valence-electron chi connectivity index (χ1n) is 5.02. The molecule has 0 radical (unpaired) electrons. The van der Waals surface area contributed by atoms with E-state index in [1.165, 1.54) is 0 Å². The summed E-state index contributed by atoms with van der Waals surface area (Å²) in [5, 5.41) is 0. The smallest absolute Gasteiger partial charge is 0.223 e. The molecule has 0 aromatic rings. The molecule has 0 aromatic carbocycles. The Labute approximate surface area is 90.3 Å². The first-order valence-corrected chi connectivity index (χ1v) is 7.08. The Morgan fingerprint density at radius 2 is 2.07 bits per heavy atom. The predicted octanol–water partition coefficient (Wildman–Crippen LogP) is -0.330. The van der Waals surface area contributed by atoms with Gasteiger partial charge in [-0.3, -0.25) is 4.79 Å². The average Bonchev–Trinajstić information content (AvgIpc) is 2.41. The second kappa shape index (κ2) is 5.46. The summed E-state index contributed by atoms with van der Waals surface area (Å²) >= 11 is 0.